The Morgan fingerprint density at radius 2 is 2.11 bits per heavy atom. The van der Waals surface area contributed by atoms with Gasteiger partial charge in [0.25, 0.3) is 0 Å². The van der Waals surface area contributed by atoms with E-state index in [1.807, 2.05) is 25.1 Å². The van der Waals surface area contributed by atoms with Gasteiger partial charge in [0.05, 0.1) is 17.1 Å². The molecule has 2 amide bonds. The number of nitrogens with zero attached hydrogens (tertiary/aromatic N) is 1. The van der Waals surface area contributed by atoms with Crippen molar-refractivity contribution in [1.29, 1.82) is 0 Å². The first-order valence-corrected chi connectivity index (χ1v) is 5.68. The van der Waals surface area contributed by atoms with Gasteiger partial charge in [0.1, 0.15) is 5.82 Å². The Bertz CT molecular complexity index is 647. The number of aromatic amines is 1. The normalized spacial score (nSPS) is 19.7. The van der Waals surface area contributed by atoms with Crippen molar-refractivity contribution in [2.75, 3.05) is 6.54 Å². The van der Waals surface area contributed by atoms with Crippen molar-refractivity contribution < 1.29 is 9.59 Å². The molecule has 1 atom stereocenters. The minimum Gasteiger partial charge on any atom is -0.345 e. The van der Waals surface area contributed by atoms with Gasteiger partial charge in [0.15, 0.2) is 0 Å². The van der Waals surface area contributed by atoms with Crippen LogP contribution in [0.1, 0.15) is 17.4 Å². The molecule has 0 aliphatic carbocycles. The van der Waals surface area contributed by atoms with Crippen LogP contribution in [0.2, 0.25) is 0 Å². The highest BCUT2D eigenvalue weighted by molar-refractivity contribution is 6.35. The van der Waals surface area contributed by atoms with Crippen molar-refractivity contribution in [3.05, 3.63) is 29.6 Å². The van der Waals surface area contributed by atoms with Gasteiger partial charge in [-0.25, -0.2) is 4.98 Å². The van der Waals surface area contributed by atoms with E-state index >= 15 is 0 Å². The van der Waals surface area contributed by atoms with Gasteiger partial charge in [-0.15, -0.1) is 0 Å². The van der Waals surface area contributed by atoms with E-state index in [2.05, 4.69) is 20.6 Å². The van der Waals surface area contributed by atoms with Crippen LogP contribution in [0.5, 0.6) is 0 Å². The van der Waals surface area contributed by atoms with E-state index in [9.17, 15) is 9.59 Å². The molecule has 6 nitrogen and oxygen atoms in total. The van der Waals surface area contributed by atoms with Gasteiger partial charge >= 0.3 is 11.8 Å². The molecule has 1 saturated heterocycles. The first kappa shape index (κ1) is 10.8. The maximum Gasteiger partial charge on any atom is 0.309 e. The maximum absolute atomic E-state index is 11.3. The Kier molecular flexibility index (Phi) is 2.29. The third kappa shape index (κ3) is 1.71. The van der Waals surface area contributed by atoms with E-state index in [1.165, 1.54) is 0 Å². The number of amides is 2. The number of aryl methyl sites for hydroxylation is 1. The zero-order chi connectivity index (χ0) is 12.7. The highest BCUT2D eigenvalue weighted by Crippen LogP contribution is 2.19. The molecular formula is C12H12N4O2. The maximum atomic E-state index is 11.3. The Labute approximate surface area is 103 Å². The summed E-state index contributed by atoms with van der Waals surface area (Å²) in [5.41, 5.74) is 2.76. The molecule has 1 aliphatic rings. The third-order valence-electron chi connectivity index (χ3n) is 3.01. The van der Waals surface area contributed by atoms with Crippen molar-refractivity contribution in [2.24, 2.45) is 0 Å². The summed E-state index contributed by atoms with van der Waals surface area (Å²) in [6, 6.07) is 5.56. The van der Waals surface area contributed by atoms with Crippen molar-refractivity contribution in [3.8, 4) is 0 Å². The number of fused-ring (bicyclic) bond motifs is 1. The molecule has 3 rings (SSSR count). The first-order chi connectivity index (χ1) is 8.63. The highest BCUT2D eigenvalue weighted by atomic mass is 16.2. The lowest BCUT2D eigenvalue weighted by Crippen LogP contribution is -2.51. The van der Waals surface area contributed by atoms with E-state index in [4.69, 9.17) is 0 Å². The Morgan fingerprint density at radius 1 is 1.28 bits per heavy atom. The molecule has 18 heavy (non-hydrogen) atoms. The molecule has 0 bridgehead atoms. The number of piperazine rings is 1. The largest absolute Gasteiger partial charge is 0.345 e. The minimum atomic E-state index is -0.591. The van der Waals surface area contributed by atoms with Crippen LogP contribution in [0.25, 0.3) is 11.0 Å². The zero-order valence-electron chi connectivity index (χ0n) is 9.78. The van der Waals surface area contributed by atoms with Gasteiger partial charge in [-0.1, -0.05) is 6.07 Å². The highest BCUT2D eigenvalue weighted by Gasteiger charge is 2.26. The number of rotatable bonds is 1. The van der Waals surface area contributed by atoms with Crippen molar-refractivity contribution in [2.45, 2.75) is 13.0 Å². The molecule has 1 aromatic heterocycles. The summed E-state index contributed by atoms with van der Waals surface area (Å²) >= 11 is 0. The number of imidazole rings is 1. The van der Waals surface area contributed by atoms with Gasteiger partial charge in [0, 0.05) is 6.54 Å². The fourth-order valence-corrected chi connectivity index (χ4v) is 2.12. The van der Waals surface area contributed by atoms with Gasteiger partial charge in [-0.2, -0.15) is 0 Å². The Hall–Kier alpha value is -2.37. The van der Waals surface area contributed by atoms with Crippen LogP contribution in [0.15, 0.2) is 18.2 Å². The molecule has 2 heterocycles. The van der Waals surface area contributed by atoms with Crippen LogP contribution in [0, 0.1) is 6.92 Å². The molecule has 1 unspecified atom stereocenters. The average Bonchev–Trinajstić information content (AvgIpc) is 2.71. The topological polar surface area (TPSA) is 86.9 Å². The quantitative estimate of drug-likeness (QED) is 0.624. The standard InChI is InChI=1S/C12H12N4O2/c1-6-14-8-3-2-7(4-9(8)15-6)10-5-13-11(17)12(18)16-10/h2-4,10H,5H2,1H3,(H,13,17)(H,14,15)(H,16,18). The number of benzene rings is 1. The lowest BCUT2D eigenvalue weighted by molar-refractivity contribution is -0.141. The second-order valence-electron chi connectivity index (χ2n) is 4.33. The number of carbonyl (C=O) groups excluding carboxylic acids is 2. The predicted molar refractivity (Wildman–Crippen MR) is 64.7 cm³/mol. The summed E-state index contributed by atoms with van der Waals surface area (Å²) in [7, 11) is 0. The summed E-state index contributed by atoms with van der Waals surface area (Å²) < 4.78 is 0. The van der Waals surface area contributed by atoms with Crippen LogP contribution in [-0.4, -0.2) is 28.3 Å². The minimum absolute atomic E-state index is 0.191. The SMILES string of the molecule is Cc1nc2ccc(C3CNC(=O)C(=O)N3)cc2[nH]1. The van der Waals surface area contributed by atoms with Crippen LogP contribution >= 0.6 is 0 Å². The molecule has 1 aromatic carbocycles. The van der Waals surface area contributed by atoms with Gasteiger partial charge in [-0.3, -0.25) is 9.59 Å². The fraction of sp³-hybridized carbons (Fsp3) is 0.250. The van der Waals surface area contributed by atoms with Gasteiger partial charge < -0.3 is 15.6 Å². The summed E-state index contributed by atoms with van der Waals surface area (Å²) in [4.78, 5) is 29.8. The van der Waals surface area contributed by atoms with Crippen LogP contribution in [0.4, 0.5) is 0 Å². The lowest BCUT2D eigenvalue weighted by atomic mass is 10.0. The number of hydrogen-bond donors (Lipinski definition) is 3. The number of carbonyl (C=O) groups is 2. The van der Waals surface area contributed by atoms with Crippen molar-refractivity contribution >= 4 is 22.8 Å². The Morgan fingerprint density at radius 3 is 2.89 bits per heavy atom. The summed E-state index contributed by atoms with van der Waals surface area (Å²) in [5, 5.41) is 5.23. The molecule has 0 radical (unpaired) electrons. The van der Waals surface area contributed by atoms with Crippen molar-refractivity contribution in [1.82, 2.24) is 20.6 Å². The van der Waals surface area contributed by atoms with E-state index in [0.29, 0.717) is 6.54 Å². The van der Waals surface area contributed by atoms with Crippen molar-refractivity contribution in [3.63, 3.8) is 0 Å². The molecule has 3 N–H and O–H groups in total. The van der Waals surface area contributed by atoms with E-state index < -0.39 is 11.8 Å². The summed E-state index contributed by atoms with van der Waals surface area (Å²) in [6.45, 7) is 2.30. The molecule has 2 aromatic rings. The van der Waals surface area contributed by atoms with Crippen LogP contribution in [0.3, 0.4) is 0 Å². The molecule has 1 fully saturated rings. The second-order valence-corrected chi connectivity index (χ2v) is 4.33. The smallest absolute Gasteiger partial charge is 0.309 e. The molecule has 0 saturated carbocycles. The molecular weight excluding hydrogens is 232 g/mol. The second kappa shape index (κ2) is 3.83. The van der Waals surface area contributed by atoms with E-state index in [0.717, 1.165) is 22.4 Å². The summed E-state index contributed by atoms with van der Waals surface area (Å²) in [5.74, 6) is -0.319. The molecule has 0 spiro atoms. The Balaban J connectivity index is 1.94. The van der Waals surface area contributed by atoms with Gasteiger partial charge in [-0.05, 0) is 24.6 Å². The van der Waals surface area contributed by atoms with Gasteiger partial charge in [0.2, 0.25) is 0 Å². The number of nitrogens with one attached hydrogen (secondary N) is 3. The van der Waals surface area contributed by atoms with Crippen LogP contribution < -0.4 is 10.6 Å². The zero-order valence-corrected chi connectivity index (χ0v) is 9.78. The fourth-order valence-electron chi connectivity index (χ4n) is 2.12. The number of hydrogen-bond acceptors (Lipinski definition) is 3. The van der Waals surface area contributed by atoms with E-state index in [-0.39, 0.29) is 6.04 Å². The first-order valence-electron chi connectivity index (χ1n) is 5.68. The summed E-state index contributed by atoms with van der Waals surface area (Å²) in [6.07, 6.45) is 0. The number of aromatic nitrogens is 2. The molecule has 92 valence electrons. The lowest BCUT2D eigenvalue weighted by Gasteiger charge is -2.23. The predicted octanol–water partition coefficient (Wildman–Crippen LogP) is 0.158. The molecule has 6 heteroatoms. The molecule has 1 aliphatic heterocycles. The van der Waals surface area contributed by atoms with E-state index in [1.54, 1.807) is 0 Å². The average molecular weight is 244 g/mol. The number of H-pyrrole nitrogens is 1. The van der Waals surface area contributed by atoms with Crippen LogP contribution in [-0.2, 0) is 9.59 Å². The monoisotopic (exact) mass is 244 g/mol. The third-order valence-corrected chi connectivity index (χ3v) is 3.01.